The zero-order valence-electron chi connectivity index (χ0n) is 10.5. The first-order chi connectivity index (χ1) is 7.86. The Kier molecular flexibility index (Phi) is 5.03. The largest absolute Gasteiger partial charge is 0.379 e. The maximum absolute atomic E-state index is 5.32. The van der Waals surface area contributed by atoms with Crippen LogP contribution in [0.5, 0.6) is 0 Å². The SMILES string of the molecule is CN1CCCCC1CCNN1CCOCC1. The Morgan fingerprint density at radius 3 is 2.75 bits per heavy atom. The Labute approximate surface area is 98.9 Å². The summed E-state index contributed by atoms with van der Waals surface area (Å²) in [5.41, 5.74) is 3.52. The van der Waals surface area contributed by atoms with Gasteiger partial charge in [-0.05, 0) is 32.9 Å². The van der Waals surface area contributed by atoms with Crippen molar-refractivity contribution >= 4 is 0 Å². The molecule has 0 spiro atoms. The summed E-state index contributed by atoms with van der Waals surface area (Å²) in [7, 11) is 2.26. The van der Waals surface area contributed by atoms with Crippen molar-refractivity contribution in [3.63, 3.8) is 0 Å². The smallest absolute Gasteiger partial charge is 0.0608 e. The van der Waals surface area contributed by atoms with Gasteiger partial charge in [-0.3, -0.25) is 5.43 Å². The summed E-state index contributed by atoms with van der Waals surface area (Å²) in [4.78, 5) is 2.52. The second kappa shape index (κ2) is 6.55. The van der Waals surface area contributed by atoms with Crippen LogP contribution in [-0.2, 0) is 4.74 Å². The van der Waals surface area contributed by atoms with E-state index in [0.29, 0.717) is 0 Å². The molecule has 0 saturated carbocycles. The van der Waals surface area contributed by atoms with Crippen molar-refractivity contribution in [2.75, 3.05) is 46.4 Å². The molecule has 16 heavy (non-hydrogen) atoms. The number of nitrogens with one attached hydrogen (secondary N) is 1. The lowest BCUT2D eigenvalue weighted by molar-refractivity contribution is 0.0102. The molecule has 2 heterocycles. The normalized spacial score (nSPS) is 29.4. The molecule has 0 aromatic rings. The molecule has 0 aromatic carbocycles. The van der Waals surface area contributed by atoms with Crippen LogP contribution in [0.15, 0.2) is 0 Å². The lowest BCUT2D eigenvalue weighted by Gasteiger charge is -2.33. The van der Waals surface area contributed by atoms with E-state index in [1.807, 2.05) is 0 Å². The van der Waals surface area contributed by atoms with E-state index in [2.05, 4.69) is 22.4 Å². The van der Waals surface area contributed by atoms with Gasteiger partial charge >= 0.3 is 0 Å². The Morgan fingerprint density at radius 2 is 2.00 bits per heavy atom. The number of ether oxygens (including phenoxy) is 1. The highest BCUT2D eigenvalue weighted by Gasteiger charge is 2.18. The first-order valence-electron chi connectivity index (χ1n) is 6.63. The number of hydrazine groups is 1. The van der Waals surface area contributed by atoms with Gasteiger partial charge < -0.3 is 9.64 Å². The highest BCUT2D eigenvalue weighted by atomic mass is 16.5. The molecule has 2 aliphatic rings. The molecule has 4 heteroatoms. The fourth-order valence-electron chi connectivity index (χ4n) is 2.62. The number of hydrogen-bond donors (Lipinski definition) is 1. The standard InChI is InChI=1S/C12H25N3O/c1-14-7-3-2-4-12(14)5-6-13-15-8-10-16-11-9-15/h12-13H,2-11H2,1H3. The van der Waals surface area contributed by atoms with Crippen molar-refractivity contribution in [3.8, 4) is 0 Å². The molecule has 2 aliphatic heterocycles. The van der Waals surface area contributed by atoms with Gasteiger partial charge in [0.1, 0.15) is 0 Å². The molecule has 0 radical (unpaired) electrons. The number of piperidine rings is 1. The van der Waals surface area contributed by atoms with Gasteiger partial charge in [-0.25, -0.2) is 5.01 Å². The van der Waals surface area contributed by atoms with E-state index in [-0.39, 0.29) is 0 Å². The van der Waals surface area contributed by atoms with Gasteiger partial charge in [0.15, 0.2) is 0 Å². The lowest BCUT2D eigenvalue weighted by atomic mass is 10.0. The van der Waals surface area contributed by atoms with Crippen molar-refractivity contribution in [1.29, 1.82) is 0 Å². The summed E-state index contributed by atoms with van der Waals surface area (Å²) in [6.07, 6.45) is 5.44. The Morgan fingerprint density at radius 1 is 1.19 bits per heavy atom. The molecule has 0 bridgehead atoms. The number of likely N-dealkylation sites (tertiary alicyclic amines) is 1. The lowest BCUT2D eigenvalue weighted by Crippen LogP contribution is -2.47. The second-order valence-electron chi connectivity index (χ2n) is 4.93. The van der Waals surface area contributed by atoms with Crippen LogP contribution in [0.25, 0.3) is 0 Å². The average molecular weight is 227 g/mol. The van der Waals surface area contributed by atoms with Gasteiger partial charge in [-0.15, -0.1) is 0 Å². The quantitative estimate of drug-likeness (QED) is 0.765. The Balaban J connectivity index is 1.59. The summed E-state index contributed by atoms with van der Waals surface area (Å²) in [6, 6.07) is 0.794. The Hall–Kier alpha value is -0.160. The van der Waals surface area contributed by atoms with E-state index < -0.39 is 0 Å². The zero-order valence-corrected chi connectivity index (χ0v) is 10.5. The number of rotatable bonds is 4. The molecule has 94 valence electrons. The third-order valence-corrected chi connectivity index (χ3v) is 3.75. The molecular weight excluding hydrogens is 202 g/mol. The average Bonchev–Trinajstić information content (AvgIpc) is 2.33. The molecule has 2 saturated heterocycles. The van der Waals surface area contributed by atoms with E-state index in [4.69, 9.17) is 4.74 Å². The topological polar surface area (TPSA) is 27.7 Å². The molecule has 2 rings (SSSR count). The fourth-order valence-corrected chi connectivity index (χ4v) is 2.62. The van der Waals surface area contributed by atoms with Crippen molar-refractivity contribution in [2.24, 2.45) is 0 Å². The van der Waals surface area contributed by atoms with Gasteiger partial charge in [-0.2, -0.15) is 0 Å². The van der Waals surface area contributed by atoms with Gasteiger partial charge in [0.2, 0.25) is 0 Å². The summed E-state index contributed by atoms with van der Waals surface area (Å²) in [5.74, 6) is 0. The second-order valence-corrected chi connectivity index (χ2v) is 4.93. The summed E-state index contributed by atoms with van der Waals surface area (Å²) in [6.45, 7) is 6.19. The number of nitrogens with zero attached hydrogens (tertiary/aromatic N) is 2. The van der Waals surface area contributed by atoms with Gasteiger partial charge in [0, 0.05) is 25.7 Å². The van der Waals surface area contributed by atoms with Crippen LogP contribution in [0.3, 0.4) is 0 Å². The summed E-state index contributed by atoms with van der Waals surface area (Å²) >= 11 is 0. The fraction of sp³-hybridized carbons (Fsp3) is 1.00. The maximum Gasteiger partial charge on any atom is 0.0608 e. The predicted octanol–water partition coefficient (Wildman–Crippen LogP) is 0.698. The zero-order chi connectivity index (χ0) is 11.2. The first-order valence-corrected chi connectivity index (χ1v) is 6.63. The Bertz CT molecular complexity index is 195. The van der Waals surface area contributed by atoms with Crippen molar-refractivity contribution < 1.29 is 4.74 Å². The molecule has 2 fully saturated rings. The summed E-state index contributed by atoms with van der Waals surface area (Å²) in [5, 5.41) is 2.30. The molecule has 4 nitrogen and oxygen atoms in total. The minimum absolute atomic E-state index is 0.794. The van der Waals surface area contributed by atoms with Crippen molar-refractivity contribution in [1.82, 2.24) is 15.3 Å². The van der Waals surface area contributed by atoms with Crippen molar-refractivity contribution in [2.45, 2.75) is 31.7 Å². The van der Waals surface area contributed by atoms with Gasteiger partial charge in [-0.1, -0.05) is 6.42 Å². The molecule has 0 aliphatic carbocycles. The minimum Gasteiger partial charge on any atom is -0.379 e. The maximum atomic E-state index is 5.32. The van der Waals surface area contributed by atoms with E-state index in [1.54, 1.807) is 0 Å². The number of hydrogen-bond acceptors (Lipinski definition) is 4. The monoisotopic (exact) mass is 227 g/mol. The van der Waals surface area contributed by atoms with E-state index in [1.165, 1.54) is 32.2 Å². The highest BCUT2D eigenvalue weighted by molar-refractivity contribution is 4.74. The van der Waals surface area contributed by atoms with Gasteiger partial charge in [0.25, 0.3) is 0 Å². The van der Waals surface area contributed by atoms with Crippen LogP contribution in [0.4, 0.5) is 0 Å². The third-order valence-electron chi connectivity index (χ3n) is 3.75. The van der Waals surface area contributed by atoms with Gasteiger partial charge in [0.05, 0.1) is 13.2 Å². The number of morpholine rings is 1. The summed E-state index contributed by atoms with van der Waals surface area (Å²) < 4.78 is 5.32. The predicted molar refractivity (Wildman–Crippen MR) is 65.3 cm³/mol. The van der Waals surface area contributed by atoms with E-state index in [0.717, 1.165) is 38.9 Å². The van der Waals surface area contributed by atoms with Crippen LogP contribution in [-0.4, -0.2) is 62.4 Å². The van der Waals surface area contributed by atoms with Crippen LogP contribution < -0.4 is 5.43 Å². The van der Waals surface area contributed by atoms with Crippen LogP contribution >= 0.6 is 0 Å². The first kappa shape index (κ1) is 12.3. The van der Waals surface area contributed by atoms with Crippen LogP contribution in [0.2, 0.25) is 0 Å². The molecule has 0 aromatic heterocycles. The third kappa shape index (κ3) is 3.70. The molecule has 0 amide bonds. The van der Waals surface area contributed by atoms with Crippen molar-refractivity contribution in [3.05, 3.63) is 0 Å². The minimum atomic E-state index is 0.794. The molecule has 1 atom stereocenters. The highest BCUT2D eigenvalue weighted by Crippen LogP contribution is 2.17. The van der Waals surface area contributed by atoms with Crippen LogP contribution in [0.1, 0.15) is 25.7 Å². The van der Waals surface area contributed by atoms with E-state index >= 15 is 0 Å². The molecular formula is C12H25N3O. The molecule has 1 unspecified atom stereocenters. The van der Waals surface area contributed by atoms with Crippen LogP contribution in [0, 0.1) is 0 Å². The molecule has 1 N–H and O–H groups in total. The van der Waals surface area contributed by atoms with E-state index in [9.17, 15) is 0 Å².